The van der Waals surface area contributed by atoms with E-state index >= 15 is 0 Å². The van der Waals surface area contributed by atoms with Crippen molar-refractivity contribution in [3.05, 3.63) is 35.4 Å². The number of anilines is 1. The lowest BCUT2D eigenvalue weighted by molar-refractivity contribution is 0.354. The molecule has 1 aromatic rings. The normalized spacial score (nSPS) is 9.69. The molecule has 1 aromatic carbocycles. The Bertz CT molecular complexity index is 323. The van der Waals surface area contributed by atoms with Crippen LogP contribution in [0.5, 0.6) is 5.75 Å². The number of halogens is 1. The van der Waals surface area contributed by atoms with E-state index in [0.717, 1.165) is 5.57 Å². The molecule has 70 valence electrons. The van der Waals surface area contributed by atoms with Crippen molar-refractivity contribution < 1.29 is 4.74 Å². The Morgan fingerprint density at radius 2 is 2.31 bits per heavy atom. The number of rotatable bonds is 3. The Hall–Kier alpha value is -1.15. The van der Waals surface area contributed by atoms with Gasteiger partial charge in [-0.3, -0.25) is 0 Å². The van der Waals surface area contributed by atoms with Gasteiger partial charge in [-0.1, -0.05) is 18.2 Å². The maximum absolute atomic E-state index is 5.73. The third kappa shape index (κ3) is 2.99. The van der Waals surface area contributed by atoms with Gasteiger partial charge in [-0.2, -0.15) is 0 Å². The predicted octanol–water partition coefficient (Wildman–Crippen LogP) is 2.88. The fraction of sp³-hybridized carbons (Fsp3) is 0.200. The van der Waals surface area contributed by atoms with Gasteiger partial charge in [0.25, 0.3) is 0 Å². The molecule has 0 saturated carbocycles. The van der Waals surface area contributed by atoms with Crippen molar-refractivity contribution in [2.45, 2.75) is 6.92 Å². The second-order valence-corrected chi connectivity index (χ2v) is 3.36. The zero-order valence-electron chi connectivity index (χ0n) is 7.51. The van der Waals surface area contributed by atoms with Crippen LogP contribution < -0.4 is 10.5 Å². The molecule has 3 heteroatoms. The van der Waals surface area contributed by atoms with E-state index in [0.29, 0.717) is 23.1 Å². The van der Waals surface area contributed by atoms with Gasteiger partial charge in [0.2, 0.25) is 0 Å². The Balaban J connectivity index is 2.72. The Morgan fingerprint density at radius 1 is 1.62 bits per heavy atom. The zero-order valence-corrected chi connectivity index (χ0v) is 8.27. The molecule has 0 amide bonds. The summed E-state index contributed by atoms with van der Waals surface area (Å²) in [6, 6.07) is 5.15. The molecule has 0 radical (unpaired) electrons. The molecule has 2 N–H and O–H groups in total. The molecule has 0 unspecified atom stereocenters. The standard InChI is InChI=1S/C10H12ClNO/c1-7(2)6-13-10-4-3-8(11)5-9(10)12/h3-5H,1,6,12H2,2H3. The highest BCUT2D eigenvalue weighted by Gasteiger charge is 2.00. The fourth-order valence-electron chi connectivity index (χ4n) is 0.852. The highest BCUT2D eigenvalue weighted by molar-refractivity contribution is 6.30. The molecular formula is C10H12ClNO. The van der Waals surface area contributed by atoms with Crippen LogP contribution in [-0.4, -0.2) is 6.61 Å². The van der Waals surface area contributed by atoms with Crippen molar-refractivity contribution in [2.75, 3.05) is 12.3 Å². The molecule has 1 rings (SSSR count). The number of nitrogens with two attached hydrogens (primary N) is 1. The molecule has 0 aliphatic heterocycles. The fourth-order valence-corrected chi connectivity index (χ4v) is 1.03. The van der Waals surface area contributed by atoms with Gasteiger partial charge < -0.3 is 10.5 Å². The summed E-state index contributed by atoms with van der Waals surface area (Å²) in [6.07, 6.45) is 0. The van der Waals surface area contributed by atoms with Gasteiger partial charge >= 0.3 is 0 Å². The monoisotopic (exact) mass is 197 g/mol. The van der Waals surface area contributed by atoms with Gasteiger partial charge in [0.05, 0.1) is 5.69 Å². The molecule has 0 bridgehead atoms. The average molecular weight is 198 g/mol. The Kier molecular flexibility index (Phi) is 3.20. The highest BCUT2D eigenvalue weighted by Crippen LogP contribution is 2.24. The summed E-state index contributed by atoms with van der Waals surface area (Å²) in [5.74, 6) is 0.646. The van der Waals surface area contributed by atoms with Gasteiger partial charge in [-0.15, -0.1) is 0 Å². The van der Waals surface area contributed by atoms with E-state index in [1.54, 1.807) is 18.2 Å². The summed E-state index contributed by atoms with van der Waals surface area (Å²) in [4.78, 5) is 0. The van der Waals surface area contributed by atoms with Gasteiger partial charge in [0.15, 0.2) is 0 Å². The number of nitrogen functional groups attached to an aromatic ring is 1. The minimum absolute atomic E-state index is 0.478. The molecule has 0 spiro atoms. The third-order valence-electron chi connectivity index (χ3n) is 1.45. The molecule has 0 heterocycles. The van der Waals surface area contributed by atoms with Gasteiger partial charge in [-0.25, -0.2) is 0 Å². The zero-order chi connectivity index (χ0) is 9.84. The van der Waals surface area contributed by atoms with Crippen LogP contribution in [0.3, 0.4) is 0 Å². The molecule has 0 saturated heterocycles. The van der Waals surface area contributed by atoms with Crippen molar-refractivity contribution in [3.63, 3.8) is 0 Å². The summed E-state index contributed by atoms with van der Waals surface area (Å²) in [7, 11) is 0. The lowest BCUT2D eigenvalue weighted by atomic mass is 10.3. The molecule has 0 aromatic heterocycles. The second kappa shape index (κ2) is 4.19. The summed E-state index contributed by atoms with van der Waals surface area (Å²) < 4.78 is 5.37. The minimum atomic E-state index is 0.478. The lowest BCUT2D eigenvalue weighted by Crippen LogP contribution is -2.00. The van der Waals surface area contributed by atoms with Gasteiger partial charge in [0, 0.05) is 5.02 Å². The molecule has 0 aliphatic rings. The third-order valence-corrected chi connectivity index (χ3v) is 1.68. The van der Waals surface area contributed by atoms with Crippen molar-refractivity contribution in [2.24, 2.45) is 0 Å². The first-order valence-electron chi connectivity index (χ1n) is 3.92. The van der Waals surface area contributed by atoms with Crippen LogP contribution in [0.1, 0.15) is 6.92 Å². The van der Waals surface area contributed by atoms with Crippen LogP contribution >= 0.6 is 11.6 Å². The van der Waals surface area contributed by atoms with Crippen molar-refractivity contribution >= 4 is 17.3 Å². The van der Waals surface area contributed by atoms with Crippen LogP contribution in [0.4, 0.5) is 5.69 Å². The Morgan fingerprint density at radius 3 is 2.85 bits per heavy atom. The Labute approximate surface area is 83.0 Å². The SMILES string of the molecule is C=C(C)COc1ccc(Cl)cc1N. The van der Waals surface area contributed by atoms with Crippen LogP contribution in [0.15, 0.2) is 30.4 Å². The van der Waals surface area contributed by atoms with Crippen molar-refractivity contribution in [3.8, 4) is 5.75 Å². The van der Waals surface area contributed by atoms with E-state index in [1.807, 2.05) is 6.92 Å². The number of hydrogen-bond donors (Lipinski definition) is 1. The van der Waals surface area contributed by atoms with E-state index in [2.05, 4.69) is 6.58 Å². The van der Waals surface area contributed by atoms with E-state index < -0.39 is 0 Å². The summed E-state index contributed by atoms with van der Waals surface area (Å²) in [6.45, 7) is 6.10. The number of ether oxygens (including phenoxy) is 1. The molecule has 0 aliphatic carbocycles. The van der Waals surface area contributed by atoms with E-state index in [4.69, 9.17) is 22.1 Å². The maximum Gasteiger partial charge on any atom is 0.142 e. The summed E-state index contributed by atoms with van der Waals surface area (Å²) in [5.41, 5.74) is 7.17. The van der Waals surface area contributed by atoms with E-state index in [9.17, 15) is 0 Å². The molecular weight excluding hydrogens is 186 g/mol. The van der Waals surface area contributed by atoms with Crippen LogP contribution in [0, 0.1) is 0 Å². The predicted molar refractivity (Wildman–Crippen MR) is 56.2 cm³/mol. The smallest absolute Gasteiger partial charge is 0.142 e. The van der Waals surface area contributed by atoms with Crippen LogP contribution in [0.2, 0.25) is 5.02 Å². The first-order valence-corrected chi connectivity index (χ1v) is 4.29. The van der Waals surface area contributed by atoms with E-state index in [-0.39, 0.29) is 0 Å². The van der Waals surface area contributed by atoms with E-state index in [1.165, 1.54) is 0 Å². The van der Waals surface area contributed by atoms with Crippen molar-refractivity contribution in [1.29, 1.82) is 0 Å². The van der Waals surface area contributed by atoms with Crippen molar-refractivity contribution in [1.82, 2.24) is 0 Å². The number of hydrogen-bond acceptors (Lipinski definition) is 2. The molecule has 2 nitrogen and oxygen atoms in total. The summed E-state index contributed by atoms with van der Waals surface area (Å²) in [5, 5.41) is 0.611. The topological polar surface area (TPSA) is 35.2 Å². The second-order valence-electron chi connectivity index (χ2n) is 2.93. The molecule has 0 fully saturated rings. The van der Waals surface area contributed by atoms with Gasteiger partial charge in [0.1, 0.15) is 12.4 Å². The lowest BCUT2D eigenvalue weighted by Gasteiger charge is -2.08. The quantitative estimate of drug-likeness (QED) is 0.598. The molecule has 0 atom stereocenters. The molecule has 13 heavy (non-hydrogen) atoms. The highest BCUT2D eigenvalue weighted by atomic mass is 35.5. The van der Waals surface area contributed by atoms with Crippen LogP contribution in [0.25, 0.3) is 0 Å². The van der Waals surface area contributed by atoms with Gasteiger partial charge in [-0.05, 0) is 30.7 Å². The van der Waals surface area contributed by atoms with Crippen LogP contribution in [-0.2, 0) is 0 Å². The minimum Gasteiger partial charge on any atom is -0.487 e. The largest absolute Gasteiger partial charge is 0.487 e. The first kappa shape index (κ1) is 9.93. The summed E-state index contributed by atoms with van der Waals surface area (Å²) >= 11 is 5.73. The first-order chi connectivity index (χ1) is 6.09. The number of benzene rings is 1. The maximum atomic E-state index is 5.73. The average Bonchev–Trinajstić information content (AvgIpc) is 2.02.